The van der Waals surface area contributed by atoms with E-state index in [4.69, 9.17) is 26.6 Å². The normalized spacial score (nSPS) is 14.3. The SMILES string of the molecule is CCO.CCOc1nc(N2CCNCC2)c2[nH]c3cc(Br)ccc3c2n1.CC[O-].Clc1nc(N2CCNCC2)c2[nH]c3cc(Br)ccc3c2n1.[Na+]. The number of aromatic amines is 2. The van der Waals surface area contributed by atoms with Gasteiger partial charge in [-0.05, 0) is 61.8 Å². The van der Waals surface area contributed by atoms with Gasteiger partial charge in [-0.1, -0.05) is 38.8 Å². The van der Waals surface area contributed by atoms with Crippen LogP contribution in [0.25, 0.3) is 43.9 Å². The minimum absolute atomic E-state index is 0. The summed E-state index contributed by atoms with van der Waals surface area (Å²) in [6.07, 6.45) is 0. The topological polar surface area (TPSA) is 166 Å². The van der Waals surface area contributed by atoms with Gasteiger partial charge in [-0.25, -0.2) is 4.98 Å². The van der Waals surface area contributed by atoms with Crippen molar-refractivity contribution >= 4 is 99.0 Å². The summed E-state index contributed by atoms with van der Waals surface area (Å²) in [5.74, 6) is 1.81. The Labute approximate surface area is 340 Å². The molecule has 0 atom stereocenters. The molecule has 0 unspecified atom stereocenters. The zero-order chi connectivity index (χ0) is 35.6. The van der Waals surface area contributed by atoms with Gasteiger partial charge in [-0.15, -0.1) is 6.61 Å². The summed E-state index contributed by atoms with van der Waals surface area (Å²) in [5, 5.41) is 25.7. The number of fused-ring (bicyclic) bond motifs is 6. The van der Waals surface area contributed by atoms with Gasteiger partial charge in [0.25, 0.3) is 0 Å². The summed E-state index contributed by atoms with van der Waals surface area (Å²) in [6, 6.07) is 12.7. The molecule has 2 fully saturated rings. The molecule has 268 valence electrons. The van der Waals surface area contributed by atoms with Crippen LogP contribution < -0.4 is 59.8 Å². The molecule has 0 aliphatic carbocycles. The molecule has 51 heavy (non-hydrogen) atoms. The van der Waals surface area contributed by atoms with E-state index in [-0.39, 0.29) is 42.8 Å². The van der Waals surface area contributed by atoms with Crippen molar-refractivity contribution < 1.29 is 44.5 Å². The van der Waals surface area contributed by atoms with E-state index < -0.39 is 0 Å². The van der Waals surface area contributed by atoms with E-state index in [2.05, 4.69) is 94.3 Å². The first-order valence-electron chi connectivity index (χ1n) is 16.7. The number of piperazine rings is 2. The van der Waals surface area contributed by atoms with Gasteiger partial charge in [0.1, 0.15) is 22.1 Å². The third-order valence-electron chi connectivity index (χ3n) is 7.83. The fourth-order valence-corrected chi connectivity index (χ4v) is 6.68. The van der Waals surface area contributed by atoms with Crippen molar-refractivity contribution in [1.82, 2.24) is 40.5 Å². The number of aliphatic hydroxyl groups excluding tert-OH is 1. The Kier molecular flexibility index (Phi) is 16.4. The second-order valence-electron chi connectivity index (χ2n) is 11.2. The minimum atomic E-state index is 0. The average molecular weight is 857 g/mol. The molecular weight excluding hydrogens is 815 g/mol. The third-order valence-corrected chi connectivity index (χ3v) is 8.99. The molecule has 5 N–H and O–H groups in total. The number of anilines is 2. The molecule has 0 saturated carbocycles. The Bertz CT molecular complexity index is 2020. The van der Waals surface area contributed by atoms with E-state index in [1.54, 1.807) is 13.8 Å². The van der Waals surface area contributed by atoms with E-state index in [1.165, 1.54) is 0 Å². The molecule has 6 heterocycles. The molecule has 17 heteroatoms. The van der Waals surface area contributed by atoms with Crippen LogP contribution in [-0.2, 0) is 0 Å². The van der Waals surface area contributed by atoms with Crippen LogP contribution in [0.5, 0.6) is 6.01 Å². The first kappa shape index (κ1) is 41.4. The second kappa shape index (κ2) is 20.2. The van der Waals surface area contributed by atoms with Gasteiger partial charge in [-0.2, -0.15) is 15.0 Å². The number of hydrogen-bond acceptors (Lipinski definition) is 11. The molecule has 2 aliphatic rings. The summed E-state index contributed by atoms with van der Waals surface area (Å²) in [4.78, 5) is 29.6. The first-order valence-corrected chi connectivity index (χ1v) is 18.6. The maximum atomic E-state index is 8.93. The molecule has 0 bridgehead atoms. The molecule has 8 rings (SSSR count). The van der Waals surface area contributed by atoms with Crippen LogP contribution in [0.4, 0.5) is 11.6 Å². The standard InChI is InChI=1S/C16H18BrN5O.C14H13BrClN5.C2H6O.C2H5O.Na/c1-2-23-16-20-13-11-4-3-10(17)9-12(11)19-14(13)15(21-16)22-7-5-18-6-8-22;15-8-1-2-9-10(7-8)18-12-11(9)19-14(16)20-13(12)21-5-3-17-4-6-21;2*1-2-3;/h3-4,9,18-19H,2,5-8H2,1H3;1-2,7,17-18H,3-6H2;3H,2H2,1H3;2H2,1H3;/q;;;-1;+1. The van der Waals surface area contributed by atoms with Crippen LogP contribution in [0.3, 0.4) is 0 Å². The molecule has 13 nitrogen and oxygen atoms in total. The van der Waals surface area contributed by atoms with Crippen molar-refractivity contribution in [1.29, 1.82) is 0 Å². The summed E-state index contributed by atoms with van der Waals surface area (Å²) in [6.45, 7) is 13.5. The van der Waals surface area contributed by atoms with Crippen LogP contribution in [-0.4, -0.2) is 107 Å². The largest absolute Gasteiger partial charge is 1.00 e. The van der Waals surface area contributed by atoms with Crippen LogP contribution >= 0.6 is 43.5 Å². The molecule has 2 aromatic carbocycles. The van der Waals surface area contributed by atoms with E-state index in [0.717, 1.165) is 117 Å². The third kappa shape index (κ3) is 10.2. The van der Waals surface area contributed by atoms with Gasteiger partial charge in [0.15, 0.2) is 11.6 Å². The molecular formula is C34H42Br2ClN10NaO3. The summed E-state index contributed by atoms with van der Waals surface area (Å²) >= 11 is 13.2. The number of nitrogens with one attached hydrogen (secondary N) is 4. The van der Waals surface area contributed by atoms with Gasteiger partial charge in [0, 0.05) is 89.7 Å². The van der Waals surface area contributed by atoms with E-state index in [9.17, 15) is 0 Å². The maximum Gasteiger partial charge on any atom is 1.00 e. The fourth-order valence-electron chi connectivity index (χ4n) is 5.80. The summed E-state index contributed by atoms with van der Waals surface area (Å²) < 4.78 is 7.67. The molecule has 2 saturated heterocycles. The number of halogens is 3. The Morgan fingerprint density at radius 2 is 1.20 bits per heavy atom. The summed E-state index contributed by atoms with van der Waals surface area (Å²) in [7, 11) is 0. The first-order chi connectivity index (χ1) is 24.3. The van der Waals surface area contributed by atoms with Crippen LogP contribution in [0.1, 0.15) is 20.8 Å². The van der Waals surface area contributed by atoms with Crippen molar-refractivity contribution in [2.45, 2.75) is 20.8 Å². The monoisotopic (exact) mass is 854 g/mol. The Morgan fingerprint density at radius 3 is 1.65 bits per heavy atom. The maximum absolute atomic E-state index is 8.93. The Morgan fingerprint density at radius 1 is 0.765 bits per heavy atom. The van der Waals surface area contributed by atoms with E-state index in [0.29, 0.717) is 17.9 Å². The van der Waals surface area contributed by atoms with Gasteiger partial charge >= 0.3 is 35.6 Å². The molecule has 2 aliphatic heterocycles. The zero-order valence-electron chi connectivity index (χ0n) is 29.3. The number of nitrogens with zero attached hydrogens (tertiary/aromatic N) is 6. The molecule has 0 amide bonds. The predicted molar refractivity (Wildman–Crippen MR) is 208 cm³/mol. The molecule has 4 aromatic heterocycles. The predicted octanol–water partition coefficient (Wildman–Crippen LogP) is 1.99. The number of benzene rings is 2. The van der Waals surface area contributed by atoms with Crippen molar-refractivity contribution in [2.75, 3.05) is 82.0 Å². The van der Waals surface area contributed by atoms with Crippen LogP contribution in [0, 0.1) is 0 Å². The van der Waals surface area contributed by atoms with Gasteiger partial charge in [-0.3, -0.25) is 0 Å². The van der Waals surface area contributed by atoms with Crippen LogP contribution in [0.15, 0.2) is 45.3 Å². The molecule has 0 spiro atoms. The molecule has 6 aromatic rings. The van der Waals surface area contributed by atoms with Crippen molar-refractivity contribution in [2.24, 2.45) is 0 Å². The average Bonchev–Trinajstić information content (AvgIpc) is 3.66. The minimum Gasteiger partial charge on any atom is -0.855 e. The Hall–Kier alpha value is -2.31. The second-order valence-corrected chi connectivity index (χ2v) is 13.4. The van der Waals surface area contributed by atoms with Crippen LogP contribution in [0.2, 0.25) is 5.28 Å². The number of ether oxygens (including phenoxy) is 1. The van der Waals surface area contributed by atoms with Crippen molar-refractivity contribution in [3.63, 3.8) is 0 Å². The van der Waals surface area contributed by atoms with Gasteiger partial charge in [0.2, 0.25) is 5.28 Å². The number of hydrogen-bond donors (Lipinski definition) is 5. The molecule has 0 radical (unpaired) electrons. The fraction of sp³-hybridized carbons (Fsp3) is 0.412. The van der Waals surface area contributed by atoms with Crippen molar-refractivity contribution in [3.8, 4) is 6.01 Å². The van der Waals surface area contributed by atoms with E-state index >= 15 is 0 Å². The van der Waals surface area contributed by atoms with Gasteiger partial charge < -0.3 is 45.4 Å². The van der Waals surface area contributed by atoms with E-state index in [1.807, 2.05) is 31.2 Å². The Balaban J connectivity index is 0.000000196. The zero-order valence-corrected chi connectivity index (χ0v) is 35.3. The number of H-pyrrole nitrogens is 2. The number of aromatic nitrogens is 6. The van der Waals surface area contributed by atoms with Gasteiger partial charge in [0.05, 0.1) is 6.61 Å². The quantitative estimate of drug-likeness (QED) is 0.130. The summed E-state index contributed by atoms with van der Waals surface area (Å²) in [5.41, 5.74) is 5.81. The number of aliphatic hydroxyl groups is 1. The number of rotatable bonds is 4. The smallest absolute Gasteiger partial charge is 0.855 e. The van der Waals surface area contributed by atoms with Crippen molar-refractivity contribution in [3.05, 3.63) is 50.6 Å².